The van der Waals surface area contributed by atoms with Crippen molar-refractivity contribution in [2.75, 3.05) is 18.8 Å². The van der Waals surface area contributed by atoms with Crippen molar-refractivity contribution in [1.82, 2.24) is 4.90 Å². The molecule has 0 amide bonds. The molecule has 1 aliphatic heterocycles. The van der Waals surface area contributed by atoms with E-state index in [0.717, 1.165) is 17.7 Å². The van der Waals surface area contributed by atoms with Gasteiger partial charge in [-0.1, -0.05) is 13.3 Å². The molecule has 1 heterocycles. The summed E-state index contributed by atoms with van der Waals surface area (Å²) < 4.78 is 0. The van der Waals surface area contributed by atoms with E-state index in [-0.39, 0.29) is 0 Å². The highest BCUT2D eigenvalue weighted by molar-refractivity contribution is 7.80. The third kappa shape index (κ3) is 2.36. The molecule has 0 aromatic heterocycles. The molecule has 0 bridgehead atoms. The number of hydrogen-bond donors (Lipinski definition) is 1. The number of piperidine rings is 1. The summed E-state index contributed by atoms with van der Waals surface area (Å²) in [6.07, 6.45) is 7.07. The van der Waals surface area contributed by atoms with Crippen LogP contribution in [-0.2, 0) is 0 Å². The van der Waals surface area contributed by atoms with Gasteiger partial charge in [-0.05, 0) is 56.2 Å². The molecule has 88 valence electrons. The monoisotopic (exact) mass is 227 g/mol. The maximum atomic E-state index is 4.56. The summed E-state index contributed by atoms with van der Waals surface area (Å²) in [6.45, 7) is 7.45. The predicted molar refractivity (Wildman–Crippen MR) is 69.6 cm³/mol. The molecule has 1 aliphatic carbocycles. The molecular weight excluding hydrogens is 202 g/mol. The minimum atomic E-state index is 0.578. The van der Waals surface area contributed by atoms with Crippen LogP contribution in [0.25, 0.3) is 0 Å². The average Bonchev–Trinajstić information content (AvgIpc) is 2.18. The van der Waals surface area contributed by atoms with Gasteiger partial charge in [-0.15, -0.1) is 0 Å². The molecule has 0 aromatic rings. The molecule has 1 saturated carbocycles. The first kappa shape index (κ1) is 11.8. The summed E-state index contributed by atoms with van der Waals surface area (Å²) in [4.78, 5) is 2.73. The van der Waals surface area contributed by atoms with Crippen LogP contribution in [0.15, 0.2) is 0 Å². The maximum absolute atomic E-state index is 4.56. The standard InChI is InChI=1S/C13H25NS/c1-11-5-3-8-14(12(11)2)9-13(10-15)6-4-7-13/h11-12,15H,3-10H2,1-2H3. The number of rotatable bonds is 3. The van der Waals surface area contributed by atoms with Crippen molar-refractivity contribution in [2.24, 2.45) is 11.3 Å². The summed E-state index contributed by atoms with van der Waals surface area (Å²) in [5.74, 6) is 1.97. The van der Waals surface area contributed by atoms with Gasteiger partial charge in [-0.2, -0.15) is 12.6 Å². The first-order valence-electron chi connectivity index (χ1n) is 6.52. The molecule has 1 saturated heterocycles. The van der Waals surface area contributed by atoms with Crippen LogP contribution in [0, 0.1) is 11.3 Å². The SMILES string of the molecule is CC1CCCN(CC2(CS)CCC2)C1C. The zero-order chi connectivity index (χ0) is 10.9. The Balaban J connectivity index is 1.92. The van der Waals surface area contributed by atoms with Gasteiger partial charge in [0.25, 0.3) is 0 Å². The highest BCUT2D eigenvalue weighted by Crippen LogP contribution is 2.43. The lowest BCUT2D eigenvalue weighted by molar-refractivity contribution is 0.0318. The van der Waals surface area contributed by atoms with Crippen LogP contribution in [0.4, 0.5) is 0 Å². The van der Waals surface area contributed by atoms with E-state index in [2.05, 4.69) is 31.4 Å². The van der Waals surface area contributed by atoms with Gasteiger partial charge >= 0.3 is 0 Å². The molecule has 2 atom stereocenters. The molecule has 2 aliphatic rings. The quantitative estimate of drug-likeness (QED) is 0.725. The molecule has 0 spiro atoms. The summed E-state index contributed by atoms with van der Waals surface area (Å²) in [5.41, 5.74) is 0.578. The third-order valence-corrected chi connectivity index (χ3v) is 5.46. The summed E-state index contributed by atoms with van der Waals surface area (Å²) in [7, 11) is 0. The number of hydrogen-bond acceptors (Lipinski definition) is 2. The minimum Gasteiger partial charge on any atom is -0.300 e. The van der Waals surface area contributed by atoms with E-state index >= 15 is 0 Å². The van der Waals surface area contributed by atoms with E-state index in [1.54, 1.807) is 0 Å². The van der Waals surface area contributed by atoms with Crippen molar-refractivity contribution < 1.29 is 0 Å². The fourth-order valence-corrected chi connectivity index (χ4v) is 3.53. The van der Waals surface area contributed by atoms with Crippen LogP contribution in [-0.4, -0.2) is 29.8 Å². The Morgan fingerprint density at radius 2 is 2.00 bits per heavy atom. The highest BCUT2D eigenvalue weighted by Gasteiger charge is 2.39. The van der Waals surface area contributed by atoms with Crippen LogP contribution in [0.2, 0.25) is 0 Å². The number of thiol groups is 1. The second kappa shape index (κ2) is 4.67. The first-order valence-corrected chi connectivity index (χ1v) is 7.15. The molecule has 0 radical (unpaired) electrons. The van der Waals surface area contributed by atoms with E-state index < -0.39 is 0 Å². The number of nitrogens with zero attached hydrogens (tertiary/aromatic N) is 1. The summed E-state index contributed by atoms with van der Waals surface area (Å²) in [5, 5.41) is 0. The molecule has 1 nitrogen and oxygen atoms in total. The smallest absolute Gasteiger partial charge is 0.00928 e. The predicted octanol–water partition coefficient (Wildman–Crippen LogP) is 3.21. The van der Waals surface area contributed by atoms with Crippen molar-refractivity contribution in [1.29, 1.82) is 0 Å². The Hall–Kier alpha value is 0.310. The zero-order valence-corrected chi connectivity index (χ0v) is 11.1. The summed E-state index contributed by atoms with van der Waals surface area (Å²) >= 11 is 4.56. The van der Waals surface area contributed by atoms with Crippen molar-refractivity contribution >= 4 is 12.6 Å². The van der Waals surface area contributed by atoms with Gasteiger partial charge in [0.15, 0.2) is 0 Å². The van der Waals surface area contributed by atoms with Crippen LogP contribution >= 0.6 is 12.6 Å². The van der Waals surface area contributed by atoms with Crippen LogP contribution < -0.4 is 0 Å². The number of likely N-dealkylation sites (tertiary alicyclic amines) is 1. The average molecular weight is 227 g/mol. The molecular formula is C13H25NS. The lowest BCUT2D eigenvalue weighted by Crippen LogP contribution is -2.50. The Kier molecular flexibility index (Phi) is 3.67. The van der Waals surface area contributed by atoms with Crippen molar-refractivity contribution in [3.8, 4) is 0 Å². The van der Waals surface area contributed by atoms with Gasteiger partial charge in [0.1, 0.15) is 0 Å². The highest BCUT2D eigenvalue weighted by atomic mass is 32.1. The fraction of sp³-hybridized carbons (Fsp3) is 1.00. The molecule has 2 heteroatoms. The maximum Gasteiger partial charge on any atom is 0.00928 e. The first-order chi connectivity index (χ1) is 7.17. The second-order valence-corrected chi connectivity index (χ2v) is 6.16. The van der Waals surface area contributed by atoms with Gasteiger partial charge < -0.3 is 0 Å². The Labute approximate surface area is 100 Å². The molecule has 2 fully saturated rings. The Morgan fingerprint density at radius 1 is 1.27 bits per heavy atom. The molecule has 2 rings (SSSR count). The molecule has 2 unspecified atom stereocenters. The van der Waals surface area contributed by atoms with Gasteiger partial charge in [0, 0.05) is 12.6 Å². The van der Waals surface area contributed by atoms with E-state index in [1.165, 1.54) is 45.2 Å². The van der Waals surface area contributed by atoms with Gasteiger partial charge in [-0.25, -0.2) is 0 Å². The lowest BCUT2D eigenvalue weighted by atomic mass is 9.69. The Bertz CT molecular complexity index is 207. The van der Waals surface area contributed by atoms with Gasteiger partial charge in [0.05, 0.1) is 0 Å². The van der Waals surface area contributed by atoms with Crippen molar-refractivity contribution in [3.05, 3.63) is 0 Å². The minimum absolute atomic E-state index is 0.578. The normalized spacial score (nSPS) is 36.2. The third-order valence-electron chi connectivity index (χ3n) is 4.79. The second-order valence-electron chi connectivity index (χ2n) is 5.84. The van der Waals surface area contributed by atoms with Crippen molar-refractivity contribution in [2.45, 2.75) is 52.0 Å². The van der Waals surface area contributed by atoms with Crippen LogP contribution in [0.1, 0.15) is 46.0 Å². The van der Waals surface area contributed by atoms with Crippen molar-refractivity contribution in [3.63, 3.8) is 0 Å². The molecule has 0 N–H and O–H groups in total. The molecule has 0 aromatic carbocycles. The summed E-state index contributed by atoms with van der Waals surface area (Å²) in [6, 6.07) is 0.788. The van der Waals surface area contributed by atoms with Crippen LogP contribution in [0.5, 0.6) is 0 Å². The van der Waals surface area contributed by atoms with E-state index in [4.69, 9.17) is 0 Å². The van der Waals surface area contributed by atoms with E-state index in [1.807, 2.05) is 0 Å². The fourth-order valence-electron chi connectivity index (χ4n) is 3.12. The van der Waals surface area contributed by atoms with Crippen LogP contribution in [0.3, 0.4) is 0 Å². The van der Waals surface area contributed by atoms with Gasteiger partial charge in [0.2, 0.25) is 0 Å². The molecule has 15 heavy (non-hydrogen) atoms. The van der Waals surface area contributed by atoms with E-state index in [0.29, 0.717) is 5.41 Å². The zero-order valence-electron chi connectivity index (χ0n) is 10.2. The van der Waals surface area contributed by atoms with Gasteiger partial charge in [-0.3, -0.25) is 4.90 Å². The largest absolute Gasteiger partial charge is 0.300 e. The lowest BCUT2D eigenvalue weighted by Gasteiger charge is -2.48. The Morgan fingerprint density at radius 3 is 2.53 bits per heavy atom. The van der Waals surface area contributed by atoms with E-state index in [9.17, 15) is 0 Å². The topological polar surface area (TPSA) is 3.24 Å².